The molecule has 0 bridgehead atoms. The summed E-state index contributed by atoms with van der Waals surface area (Å²) in [7, 11) is 0. The van der Waals surface area contributed by atoms with Crippen LogP contribution >= 0.6 is 0 Å². The molecule has 160 valence electrons. The number of hydrogen-bond acceptors (Lipinski definition) is 3. The fourth-order valence-electron chi connectivity index (χ4n) is 4.82. The van der Waals surface area contributed by atoms with Gasteiger partial charge in [0.1, 0.15) is 0 Å². The number of nitrogens with one attached hydrogen (secondary N) is 1. The number of aromatic carboxylic acids is 1. The number of aryl methyl sites for hydroxylation is 1. The summed E-state index contributed by atoms with van der Waals surface area (Å²) in [4.78, 5) is 13.7. The summed E-state index contributed by atoms with van der Waals surface area (Å²) in [5.74, 6) is -0.150. The first-order chi connectivity index (χ1) is 14.7. The monoisotopic (exact) mass is 406 g/mol. The zero-order valence-electron chi connectivity index (χ0n) is 17.8. The fourth-order valence-corrected chi connectivity index (χ4v) is 4.82. The van der Waals surface area contributed by atoms with Crippen molar-refractivity contribution in [2.24, 2.45) is 0 Å². The predicted molar refractivity (Wildman–Crippen MR) is 121 cm³/mol. The molecule has 1 heterocycles. The molecule has 4 rings (SSSR count). The average molecular weight is 407 g/mol. The minimum absolute atomic E-state index is 0.368. The summed E-state index contributed by atoms with van der Waals surface area (Å²) < 4.78 is 0. The number of likely N-dealkylation sites (tertiary alicyclic amines) is 1. The molecule has 3 atom stereocenters. The standard InChI is InChI=1S/C26H34N2O2/c29-26(30)22-14-12-20(13-15-22)8-4-6-16-28-17-7-5-11-23(28)19-27-25-18-24(25)21-9-2-1-3-10-21/h1-3,9-10,12-15,23-25,27H,4-8,11,16-19H2,(H,29,30)/t23?,24-,25+/m0/s1. The molecule has 2 fully saturated rings. The van der Waals surface area contributed by atoms with Crippen LogP contribution in [0.1, 0.15) is 65.9 Å². The Morgan fingerprint density at radius 3 is 2.60 bits per heavy atom. The molecule has 30 heavy (non-hydrogen) atoms. The lowest BCUT2D eigenvalue weighted by molar-refractivity contribution is 0.0697. The third-order valence-corrected chi connectivity index (χ3v) is 6.74. The summed E-state index contributed by atoms with van der Waals surface area (Å²) in [6.07, 6.45) is 8.64. The molecule has 2 N–H and O–H groups in total. The Morgan fingerprint density at radius 1 is 1.03 bits per heavy atom. The number of carboxylic acid groups (broad SMARTS) is 1. The zero-order chi connectivity index (χ0) is 20.8. The zero-order valence-corrected chi connectivity index (χ0v) is 17.8. The van der Waals surface area contributed by atoms with Crippen molar-refractivity contribution in [3.63, 3.8) is 0 Å². The number of rotatable bonds is 10. The van der Waals surface area contributed by atoms with Crippen LogP contribution in [0.5, 0.6) is 0 Å². The first-order valence-corrected chi connectivity index (χ1v) is 11.6. The second kappa shape index (κ2) is 10.2. The molecule has 1 unspecified atom stereocenters. The Balaban J connectivity index is 1.17. The Bertz CT molecular complexity index is 806. The van der Waals surface area contributed by atoms with Crippen molar-refractivity contribution in [2.75, 3.05) is 19.6 Å². The topological polar surface area (TPSA) is 52.6 Å². The van der Waals surface area contributed by atoms with Crippen LogP contribution in [-0.2, 0) is 6.42 Å². The van der Waals surface area contributed by atoms with Crippen molar-refractivity contribution in [3.05, 3.63) is 71.3 Å². The minimum Gasteiger partial charge on any atom is -0.478 e. The quantitative estimate of drug-likeness (QED) is 0.561. The third kappa shape index (κ3) is 5.71. The molecule has 0 radical (unpaired) electrons. The maximum Gasteiger partial charge on any atom is 0.335 e. The number of benzene rings is 2. The van der Waals surface area contributed by atoms with Gasteiger partial charge in [-0.3, -0.25) is 4.90 Å². The van der Waals surface area contributed by atoms with Crippen molar-refractivity contribution < 1.29 is 9.90 Å². The Morgan fingerprint density at radius 2 is 1.83 bits per heavy atom. The van der Waals surface area contributed by atoms with Gasteiger partial charge in [0.05, 0.1) is 5.56 Å². The highest BCUT2D eigenvalue weighted by Gasteiger charge is 2.38. The smallest absolute Gasteiger partial charge is 0.335 e. The van der Waals surface area contributed by atoms with E-state index < -0.39 is 5.97 Å². The van der Waals surface area contributed by atoms with E-state index in [2.05, 4.69) is 40.5 Å². The van der Waals surface area contributed by atoms with Gasteiger partial charge in [0.25, 0.3) is 0 Å². The van der Waals surface area contributed by atoms with Crippen LogP contribution < -0.4 is 5.32 Å². The first-order valence-electron chi connectivity index (χ1n) is 11.6. The lowest BCUT2D eigenvalue weighted by Crippen LogP contribution is -2.46. The van der Waals surface area contributed by atoms with E-state index in [4.69, 9.17) is 5.11 Å². The lowest BCUT2D eigenvalue weighted by atomic mass is 10.0. The van der Waals surface area contributed by atoms with Crippen LogP contribution in [0.3, 0.4) is 0 Å². The summed E-state index contributed by atoms with van der Waals surface area (Å²) in [5, 5.41) is 12.8. The first kappa shape index (κ1) is 21.1. The molecule has 1 aliphatic heterocycles. The van der Waals surface area contributed by atoms with Gasteiger partial charge in [-0.2, -0.15) is 0 Å². The van der Waals surface area contributed by atoms with Crippen LogP contribution in [-0.4, -0.2) is 47.7 Å². The number of carbonyl (C=O) groups is 1. The Hall–Kier alpha value is -2.17. The van der Waals surface area contributed by atoms with Gasteiger partial charge in [0, 0.05) is 24.5 Å². The molecule has 4 heteroatoms. The van der Waals surface area contributed by atoms with Crippen LogP contribution in [0, 0.1) is 0 Å². The molecule has 1 aliphatic carbocycles. The minimum atomic E-state index is -0.854. The van der Waals surface area contributed by atoms with E-state index in [0.717, 1.165) is 19.4 Å². The van der Waals surface area contributed by atoms with Crippen LogP contribution in [0.4, 0.5) is 0 Å². The normalized spacial score (nSPS) is 23.9. The van der Waals surface area contributed by atoms with Crippen molar-refractivity contribution >= 4 is 5.97 Å². The van der Waals surface area contributed by atoms with Crippen LogP contribution in [0.15, 0.2) is 54.6 Å². The van der Waals surface area contributed by atoms with Gasteiger partial charge in [-0.15, -0.1) is 0 Å². The number of nitrogens with zero attached hydrogens (tertiary/aromatic N) is 1. The van der Waals surface area contributed by atoms with E-state index in [-0.39, 0.29) is 0 Å². The van der Waals surface area contributed by atoms with Gasteiger partial charge in [0.2, 0.25) is 0 Å². The van der Waals surface area contributed by atoms with Gasteiger partial charge in [-0.25, -0.2) is 4.79 Å². The largest absolute Gasteiger partial charge is 0.478 e. The molecule has 2 aliphatic rings. The highest BCUT2D eigenvalue weighted by Crippen LogP contribution is 2.40. The molecule has 1 saturated heterocycles. The average Bonchev–Trinajstić information content (AvgIpc) is 3.57. The summed E-state index contributed by atoms with van der Waals surface area (Å²) >= 11 is 0. The molecule has 0 amide bonds. The van der Waals surface area contributed by atoms with E-state index in [1.807, 2.05) is 12.1 Å². The summed E-state index contributed by atoms with van der Waals surface area (Å²) in [6.45, 7) is 3.52. The number of unbranched alkanes of at least 4 members (excludes halogenated alkanes) is 1. The summed E-state index contributed by atoms with van der Waals surface area (Å²) in [6, 6.07) is 19.6. The van der Waals surface area contributed by atoms with E-state index in [1.165, 1.54) is 56.3 Å². The number of carboxylic acids is 1. The Labute approximate surface area is 180 Å². The molecule has 2 aromatic rings. The van der Waals surface area contributed by atoms with Crippen molar-refractivity contribution in [1.29, 1.82) is 0 Å². The van der Waals surface area contributed by atoms with E-state index >= 15 is 0 Å². The van der Waals surface area contributed by atoms with Gasteiger partial charge < -0.3 is 10.4 Å². The van der Waals surface area contributed by atoms with E-state index in [1.54, 1.807) is 12.1 Å². The highest BCUT2D eigenvalue weighted by atomic mass is 16.4. The second-order valence-electron chi connectivity index (χ2n) is 8.91. The van der Waals surface area contributed by atoms with Gasteiger partial charge in [0.15, 0.2) is 0 Å². The maximum atomic E-state index is 11.0. The van der Waals surface area contributed by atoms with Gasteiger partial charge in [-0.1, -0.05) is 48.9 Å². The van der Waals surface area contributed by atoms with Gasteiger partial charge >= 0.3 is 5.97 Å². The molecule has 0 aromatic heterocycles. The van der Waals surface area contributed by atoms with Crippen molar-refractivity contribution in [3.8, 4) is 0 Å². The van der Waals surface area contributed by atoms with Gasteiger partial charge in [-0.05, 0) is 74.9 Å². The molecular formula is C26H34N2O2. The molecule has 2 aromatic carbocycles. The fraction of sp³-hybridized carbons (Fsp3) is 0.500. The third-order valence-electron chi connectivity index (χ3n) is 6.74. The maximum absolute atomic E-state index is 11.0. The van der Waals surface area contributed by atoms with Crippen LogP contribution in [0.25, 0.3) is 0 Å². The highest BCUT2D eigenvalue weighted by molar-refractivity contribution is 5.87. The van der Waals surface area contributed by atoms with Crippen molar-refractivity contribution in [1.82, 2.24) is 10.2 Å². The second-order valence-corrected chi connectivity index (χ2v) is 8.91. The Kier molecular flexibility index (Phi) is 7.19. The number of hydrogen-bond donors (Lipinski definition) is 2. The lowest BCUT2D eigenvalue weighted by Gasteiger charge is -2.36. The number of piperidine rings is 1. The molecule has 0 spiro atoms. The van der Waals surface area contributed by atoms with E-state index in [0.29, 0.717) is 23.6 Å². The van der Waals surface area contributed by atoms with E-state index in [9.17, 15) is 4.79 Å². The molecular weight excluding hydrogens is 372 g/mol. The van der Waals surface area contributed by atoms with Crippen LogP contribution in [0.2, 0.25) is 0 Å². The summed E-state index contributed by atoms with van der Waals surface area (Å²) in [5.41, 5.74) is 3.08. The van der Waals surface area contributed by atoms with Crippen molar-refractivity contribution in [2.45, 2.75) is 62.9 Å². The molecule has 4 nitrogen and oxygen atoms in total. The SMILES string of the molecule is O=C(O)c1ccc(CCCCN2CCCCC2CN[C@@H]2C[C@H]2c2ccccc2)cc1. The predicted octanol–water partition coefficient (Wildman–Crippen LogP) is 4.71. The molecule has 1 saturated carbocycles.